The molecule has 62 valence electrons. The summed E-state index contributed by atoms with van der Waals surface area (Å²) in [5.74, 6) is 3.30. The zero-order valence-electron chi connectivity index (χ0n) is 6.90. The largest absolute Gasteiger partial charge is 0.261 e. The first-order valence-electron chi connectivity index (χ1n) is 3.65. The summed E-state index contributed by atoms with van der Waals surface area (Å²) in [5.41, 5.74) is 0.984. The molecule has 0 N–H and O–H groups in total. The van der Waals surface area contributed by atoms with Crippen LogP contribution in [0.1, 0.15) is 17.9 Å². The van der Waals surface area contributed by atoms with Crippen molar-refractivity contribution in [1.29, 1.82) is 0 Å². The molecule has 12 heavy (non-hydrogen) atoms. The topological polar surface area (TPSA) is 25.8 Å². The van der Waals surface area contributed by atoms with E-state index in [0.717, 1.165) is 11.4 Å². The first kappa shape index (κ1) is 9.08. The van der Waals surface area contributed by atoms with Gasteiger partial charge in [-0.05, 0) is 6.92 Å². The van der Waals surface area contributed by atoms with E-state index in [1.165, 1.54) is 0 Å². The molecule has 0 radical (unpaired) electrons. The fourth-order valence-electron chi connectivity index (χ4n) is 0.779. The van der Waals surface area contributed by atoms with Crippen LogP contribution in [0.3, 0.4) is 0 Å². The van der Waals surface area contributed by atoms with E-state index in [1.807, 2.05) is 0 Å². The maximum Gasteiger partial charge on any atom is 0.0714 e. The molecule has 1 rings (SSSR count). The minimum absolute atomic E-state index is 0.328. The summed E-state index contributed by atoms with van der Waals surface area (Å²) in [6.07, 6.45) is 10.3. The molecule has 0 aliphatic carbocycles. The number of thioether (sulfide) groups is 1. The van der Waals surface area contributed by atoms with Gasteiger partial charge in [0.2, 0.25) is 0 Å². The van der Waals surface area contributed by atoms with Crippen LogP contribution >= 0.6 is 11.8 Å². The van der Waals surface area contributed by atoms with E-state index in [2.05, 4.69) is 22.8 Å². The molecular formula is C9H10N2S. The van der Waals surface area contributed by atoms with Crippen LogP contribution in [0, 0.1) is 12.3 Å². The van der Waals surface area contributed by atoms with Gasteiger partial charge in [0.1, 0.15) is 0 Å². The third-order valence-electron chi connectivity index (χ3n) is 1.42. The predicted octanol–water partition coefficient (Wildman–Crippen LogP) is 1.90. The number of hydrogen-bond acceptors (Lipinski definition) is 3. The Labute approximate surface area is 76.8 Å². The van der Waals surface area contributed by atoms with Gasteiger partial charge in [0, 0.05) is 23.8 Å². The lowest BCUT2D eigenvalue weighted by Crippen LogP contribution is -1.93. The van der Waals surface area contributed by atoms with Gasteiger partial charge in [-0.15, -0.1) is 18.2 Å². The Hall–Kier alpha value is -1.01. The first-order chi connectivity index (χ1) is 5.84. The molecule has 0 spiro atoms. The van der Waals surface area contributed by atoms with E-state index >= 15 is 0 Å². The Kier molecular flexibility index (Phi) is 3.62. The van der Waals surface area contributed by atoms with Gasteiger partial charge in [0.15, 0.2) is 0 Å². The average molecular weight is 178 g/mol. The minimum atomic E-state index is 0.328. The molecule has 1 atom stereocenters. The van der Waals surface area contributed by atoms with Crippen molar-refractivity contribution in [2.24, 2.45) is 0 Å². The normalized spacial score (nSPS) is 12.0. The zero-order valence-corrected chi connectivity index (χ0v) is 7.71. The second kappa shape index (κ2) is 4.78. The fourth-order valence-corrected chi connectivity index (χ4v) is 1.42. The molecule has 3 heteroatoms. The van der Waals surface area contributed by atoms with Crippen molar-refractivity contribution < 1.29 is 0 Å². The van der Waals surface area contributed by atoms with E-state index in [0.29, 0.717) is 5.25 Å². The molecule has 0 aliphatic heterocycles. The van der Waals surface area contributed by atoms with E-state index in [-0.39, 0.29) is 0 Å². The Morgan fingerprint density at radius 1 is 1.67 bits per heavy atom. The van der Waals surface area contributed by atoms with Gasteiger partial charge >= 0.3 is 0 Å². The van der Waals surface area contributed by atoms with Gasteiger partial charge < -0.3 is 0 Å². The van der Waals surface area contributed by atoms with Gasteiger partial charge in [0.25, 0.3) is 0 Å². The van der Waals surface area contributed by atoms with E-state index in [1.54, 1.807) is 30.4 Å². The van der Waals surface area contributed by atoms with Crippen LogP contribution in [0.5, 0.6) is 0 Å². The maximum atomic E-state index is 5.15. The molecule has 0 saturated carbocycles. The molecular weight excluding hydrogens is 168 g/mol. The van der Waals surface area contributed by atoms with Gasteiger partial charge in [0.05, 0.1) is 11.4 Å². The summed E-state index contributed by atoms with van der Waals surface area (Å²) < 4.78 is 0. The standard InChI is InChI=1S/C9H10N2S/c1-3-6-12-8(2)9-7-10-4-5-11-9/h1,4-5,7-8H,6H2,2H3. The number of nitrogens with zero attached hydrogens (tertiary/aromatic N) is 2. The summed E-state index contributed by atoms with van der Waals surface area (Å²) in [6, 6.07) is 0. The van der Waals surface area contributed by atoms with Gasteiger partial charge in [-0.2, -0.15) is 0 Å². The van der Waals surface area contributed by atoms with Crippen LogP contribution in [0.4, 0.5) is 0 Å². The third-order valence-corrected chi connectivity index (χ3v) is 2.49. The second-order valence-electron chi connectivity index (χ2n) is 2.29. The second-order valence-corrected chi connectivity index (χ2v) is 3.62. The fraction of sp³-hybridized carbons (Fsp3) is 0.333. The lowest BCUT2D eigenvalue weighted by Gasteiger charge is -2.06. The monoisotopic (exact) mass is 178 g/mol. The van der Waals surface area contributed by atoms with Crippen LogP contribution in [-0.2, 0) is 0 Å². The van der Waals surface area contributed by atoms with Gasteiger partial charge in [-0.1, -0.05) is 5.92 Å². The van der Waals surface area contributed by atoms with Gasteiger partial charge in [-0.25, -0.2) is 0 Å². The summed E-state index contributed by atoms with van der Waals surface area (Å²) in [7, 11) is 0. The highest BCUT2D eigenvalue weighted by atomic mass is 32.2. The molecule has 1 aromatic rings. The molecule has 0 aromatic carbocycles. The van der Waals surface area contributed by atoms with Crippen LogP contribution < -0.4 is 0 Å². The van der Waals surface area contributed by atoms with Crippen molar-refractivity contribution in [3.05, 3.63) is 24.3 Å². The Bertz CT molecular complexity index is 266. The van der Waals surface area contributed by atoms with Crippen LogP contribution in [0.25, 0.3) is 0 Å². The first-order valence-corrected chi connectivity index (χ1v) is 4.70. The number of terminal acetylenes is 1. The van der Waals surface area contributed by atoms with Crippen LogP contribution in [0.15, 0.2) is 18.6 Å². The lowest BCUT2D eigenvalue weighted by molar-refractivity contribution is 0.978. The number of hydrogen-bond donors (Lipinski definition) is 0. The third kappa shape index (κ3) is 2.55. The maximum absolute atomic E-state index is 5.15. The SMILES string of the molecule is C#CCSC(C)c1cnccn1. The van der Waals surface area contributed by atoms with E-state index in [4.69, 9.17) is 6.42 Å². The van der Waals surface area contributed by atoms with E-state index in [9.17, 15) is 0 Å². The van der Waals surface area contributed by atoms with Crippen molar-refractivity contribution in [3.8, 4) is 12.3 Å². The molecule has 0 fully saturated rings. The average Bonchev–Trinajstić information content (AvgIpc) is 2.15. The van der Waals surface area contributed by atoms with Crippen molar-refractivity contribution in [2.45, 2.75) is 12.2 Å². The highest BCUT2D eigenvalue weighted by Gasteiger charge is 2.05. The summed E-state index contributed by atoms with van der Waals surface area (Å²) in [6.45, 7) is 2.08. The van der Waals surface area contributed by atoms with E-state index < -0.39 is 0 Å². The molecule has 0 bridgehead atoms. The highest BCUT2D eigenvalue weighted by Crippen LogP contribution is 2.24. The Morgan fingerprint density at radius 2 is 2.50 bits per heavy atom. The van der Waals surface area contributed by atoms with Crippen molar-refractivity contribution in [1.82, 2.24) is 9.97 Å². The lowest BCUT2D eigenvalue weighted by atomic mass is 10.3. The van der Waals surface area contributed by atoms with Crippen LogP contribution in [0.2, 0.25) is 0 Å². The highest BCUT2D eigenvalue weighted by molar-refractivity contribution is 7.99. The smallest absolute Gasteiger partial charge is 0.0714 e. The quantitative estimate of drug-likeness (QED) is 0.661. The molecule has 1 heterocycles. The summed E-state index contributed by atoms with van der Waals surface area (Å²) in [4.78, 5) is 8.17. The van der Waals surface area contributed by atoms with Crippen molar-refractivity contribution in [2.75, 3.05) is 5.75 Å². The molecule has 1 unspecified atom stereocenters. The summed E-state index contributed by atoms with van der Waals surface area (Å²) >= 11 is 1.69. The van der Waals surface area contributed by atoms with Crippen molar-refractivity contribution >= 4 is 11.8 Å². The van der Waals surface area contributed by atoms with Crippen molar-refractivity contribution in [3.63, 3.8) is 0 Å². The Morgan fingerprint density at radius 3 is 3.08 bits per heavy atom. The molecule has 1 aromatic heterocycles. The summed E-state index contributed by atoms with van der Waals surface area (Å²) in [5, 5.41) is 0.328. The molecule has 2 nitrogen and oxygen atoms in total. The zero-order chi connectivity index (χ0) is 8.81. The molecule has 0 saturated heterocycles. The number of rotatable bonds is 3. The van der Waals surface area contributed by atoms with Crippen LogP contribution in [-0.4, -0.2) is 15.7 Å². The van der Waals surface area contributed by atoms with Gasteiger partial charge in [-0.3, -0.25) is 9.97 Å². The molecule has 0 aliphatic rings. The Balaban J connectivity index is 2.55. The predicted molar refractivity (Wildman–Crippen MR) is 51.7 cm³/mol. The number of aromatic nitrogens is 2. The minimum Gasteiger partial charge on any atom is -0.261 e. The molecule has 0 amide bonds.